The van der Waals surface area contributed by atoms with Crippen LogP contribution in [0.1, 0.15) is 5.56 Å². The maximum absolute atomic E-state index is 13.1. The standard InChI is InChI=1S/C17H15ClFN5OS/c1-10-3-2-4-11(7-10)16-22-23-17(24(16)20)26-9-15(25)21-12-5-6-14(19)13(18)8-12/h2-8H,9,20H2,1H3,(H,21,25). The number of hydrogen-bond acceptors (Lipinski definition) is 5. The van der Waals surface area contributed by atoms with E-state index in [1.165, 1.54) is 22.9 Å². The summed E-state index contributed by atoms with van der Waals surface area (Å²) in [7, 11) is 0. The van der Waals surface area contributed by atoms with Gasteiger partial charge in [0.15, 0.2) is 5.82 Å². The first kappa shape index (κ1) is 18.2. The lowest BCUT2D eigenvalue weighted by molar-refractivity contribution is -0.113. The summed E-state index contributed by atoms with van der Waals surface area (Å²) in [6.07, 6.45) is 0. The third-order valence-corrected chi connectivity index (χ3v) is 4.71. The highest BCUT2D eigenvalue weighted by Gasteiger charge is 2.14. The van der Waals surface area contributed by atoms with E-state index < -0.39 is 5.82 Å². The molecule has 0 atom stereocenters. The molecule has 1 aromatic heterocycles. The van der Waals surface area contributed by atoms with Gasteiger partial charge in [0.05, 0.1) is 10.8 Å². The van der Waals surface area contributed by atoms with E-state index in [-0.39, 0.29) is 16.7 Å². The summed E-state index contributed by atoms with van der Waals surface area (Å²) in [6.45, 7) is 1.97. The summed E-state index contributed by atoms with van der Waals surface area (Å²) >= 11 is 6.84. The molecule has 1 amide bonds. The van der Waals surface area contributed by atoms with Crippen LogP contribution in [0.2, 0.25) is 5.02 Å². The van der Waals surface area contributed by atoms with E-state index in [2.05, 4.69) is 15.5 Å². The van der Waals surface area contributed by atoms with Gasteiger partial charge >= 0.3 is 0 Å². The zero-order valence-corrected chi connectivity index (χ0v) is 15.3. The number of aryl methyl sites for hydroxylation is 1. The molecule has 0 bridgehead atoms. The number of hydrogen-bond donors (Lipinski definition) is 2. The number of nitrogens with two attached hydrogens (primary N) is 1. The molecule has 6 nitrogen and oxygen atoms in total. The number of carbonyl (C=O) groups is 1. The Morgan fingerprint density at radius 2 is 2.12 bits per heavy atom. The number of halogens is 2. The minimum absolute atomic E-state index is 0.0556. The normalized spacial score (nSPS) is 10.7. The number of benzene rings is 2. The molecule has 0 saturated heterocycles. The van der Waals surface area contributed by atoms with Crippen LogP contribution in [0.3, 0.4) is 0 Å². The van der Waals surface area contributed by atoms with Crippen molar-refractivity contribution in [2.24, 2.45) is 0 Å². The van der Waals surface area contributed by atoms with E-state index in [0.717, 1.165) is 22.9 Å². The predicted octanol–water partition coefficient (Wildman–Crippen LogP) is 3.49. The zero-order valence-electron chi connectivity index (χ0n) is 13.7. The smallest absolute Gasteiger partial charge is 0.234 e. The number of thioether (sulfide) groups is 1. The fourth-order valence-electron chi connectivity index (χ4n) is 2.26. The molecule has 0 spiro atoms. The lowest BCUT2D eigenvalue weighted by Crippen LogP contribution is -2.16. The fourth-order valence-corrected chi connectivity index (χ4v) is 3.09. The van der Waals surface area contributed by atoms with Crippen LogP contribution in [0.25, 0.3) is 11.4 Å². The van der Waals surface area contributed by atoms with Gasteiger partial charge in [-0.25, -0.2) is 9.07 Å². The highest BCUT2D eigenvalue weighted by molar-refractivity contribution is 7.99. The number of amides is 1. The summed E-state index contributed by atoms with van der Waals surface area (Å²) < 4.78 is 14.5. The maximum Gasteiger partial charge on any atom is 0.234 e. The third kappa shape index (κ3) is 4.14. The Morgan fingerprint density at radius 3 is 2.85 bits per heavy atom. The monoisotopic (exact) mass is 391 g/mol. The van der Waals surface area contributed by atoms with Crippen molar-refractivity contribution in [3.05, 3.63) is 58.9 Å². The summed E-state index contributed by atoms with van der Waals surface area (Å²) in [5, 5.41) is 11.1. The van der Waals surface area contributed by atoms with Crippen LogP contribution in [0.4, 0.5) is 10.1 Å². The lowest BCUT2D eigenvalue weighted by Gasteiger charge is -2.06. The van der Waals surface area contributed by atoms with E-state index in [1.54, 1.807) is 0 Å². The van der Waals surface area contributed by atoms with Gasteiger partial charge in [-0.3, -0.25) is 4.79 Å². The molecule has 0 saturated carbocycles. The van der Waals surface area contributed by atoms with E-state index in [4.69, 9.17) is 17.4 Å². The molecule has 0 aliphatic rings. The fraction of sp³-hybridized carbons (Fsp3) is 0.118. The van der Waals surface area contributed by atoms with Crippen LogP contribution < -0.4 is 11.2 Å². The number of carbonyl (C=O) groups excluding carboxylic acids is 1. The van der Waals surface area contributed by atoms with Gasteiger partial charge in [-0.05, 0) is 31.2 Å². The van der Waals surface area contributed by atoms with Gasteiger partial charge in [0.25, 0.3) is 0 Å². The Labute approximate surface area is 158 Å². The van der Waals surface area contributed by atoms with Crippen molar-refractivity contribution in [3.63, 3.8) is 0 Å². The molecule has 0 aliphatic heterocycles. The molecule has 26 heavy (non-hydrogen) atoms. The van der Waals surface area contributed by atoms with Crippen LogP contribution in [-0.2, 0) is 4.79 Å². The Bertz CT molecular complexity index is 962. The van der Waals surface area contributed by atoms with Gasteiger partial charge in [-0.2, -0.15) is 0 Å². The second-order valence-corrected chi connectivity index (χ2v) is 6.86. The van der Waals surface area contributed by atoms with Crippen LogP contribution >= 0.6 is 23.4 Å². The highest BCUT2D eigenvalue weighted by Crippen LogP contribution is 2.23. The number of nitrogens with zero attached hydrogens (tertiary/aromatic N) is 3. The number of nitrogen functional groups attached to an aromatic ring is 1. The van der Waals surface area contributed by atoms with Gasteiger partial charge in [0.2, 0.25) is 11.1 Å². The Kier molecular flexibility index (Phi) is 5.43. The molecule has 0 aliphatic carbocycles. The van der Waals surface area contributed by atoms with Crippen molar-refractivity contribution >= 4 is 35.0 Å². The van der Waals surface area contributed by atoms with Crippen LogP contribution in [0.5, 0.6) is 0 Å². The van der Waals surface area contributed by atoms with Gasteiger partial charge in [0, 0.05) is 11.3 Å². The molecule has 3 N–H and O–H groups in total. The molecule has 134 valence electrons. The second-order valence-electron chi connectivity index (χ2n) is 5.51. The Morgan fingerprint density at radius 1 is 1.31 bits per heavy atom. The van der Waals surface area contributed by atoms with Gasteiger partial charge in [0.1, 0.15) is 5.82 Å². The molecule has 9 heteroatoms. The van der Waals surface area contributed by atoms with Crippen molar-refractivity contribution < 1.29 is 9.18 Å². The average molecular weight is 392 g/mol. The van der Waals surface area contributed by atoms with E-state index in [1.807, 2.05) is 31.2 Å². The minimum Gasteiger partial charge on any atom is -0.335 e. The van der Waals surface area contributed by atoms with E-state index >= 15 is 0 Å². The topological polar surface area (TPSA) is 85.8 Å². The maximum atomic E-state index is 13.1. The van der Waals surface area contributed by atoms with Gasteiger partial charge in [-0.1, -0.05) is 47.1 Å². The van der Waals surface area contributed by atoms with E-state index in [0.29, 0.717) is 16.7 Å². The zero-order chi connectivity index (χ0) is 18.7. The summed E-state index contributed by atoms with van der Waals surface area (Å²) in [5.41, 5.74) is 2.34. The van der Waals surface area contributed by atoms with Crippen molar-refractivity contribution in [2.45, 2.75) is 12.1 Å². The highest BCUT2D eigenvalue weighted by atomic mass is 35.5. The van der Waals surface area contributed by atoms with Crippen molar-refractivity contribution in [2.75, 3.05) is 16.9 Å². The molecular weight excluding hydrogens is 377 g/mol. The molecule has 2 aromatic carbocycles. The molecule has 0 radical (unpaired) electrons. The summed E-state index contributed by atoms with van der Waals surface area (Å²) in [5.74, 6) is 5.79. The van der Waals surface area contributed by atoms with Gasteiger partial charge < -0.3 is 11.2 Å². The first-order valence-corrected chi connectivity index (χ1v) is 8.95. The minimum atomic E-state index is -0.543. The number of aromatic nitrogens is 3. The Balaban J connectivity index is 1.64. The lowest BCUT2D eigenvalue weighted by atomic mass is 10.1. The first-order valence-electron chi connectivity index (χ1n) is 7.59. The predicted molar refractivity (Wildman–Crippen MR) is 101 cm³/mol. The van der Waals surface area contributed by atoms with Crippen molar-refractivity contribution in [3.8, 4) is 11.4 Å². The number of rotatable bonds is 5. The molecule has 3 rings (SSSR count). The third-order valence-electron chi connectivity index (χ3n) is 3.48. The molecule has 1 heterocycles. The molecule has 0 fully saturated rings. The van der Waals surface area contributed by atoms with Gasteiger partial charge in [-0.15, -0.1) is 10.2 Å². The largest absolute Gasteiger partial charge is 0.335 e. The van der Waals surface area contributed by atoms with Crippen LogP contribution in [0.15, 0.2) is 47.6 Å². The molecule has 3 aromatic rings. The molecular formula is C17H15ClFN5OS. The average Bonchev–Trinajstić information content (AvgIpc) is 2.97. The summed E-state index contributed by atoms with van der Waals surface area (Å²) in [6, 6.07) is 11.7. The van der Waals surface area contributed by atoms with Crippen LogP contribution in [-0.4, -0.2) is 26.5 Å². The summed E-state index contributed by atoms with van der Waals surface area (Å²) in [4.78, 5) is 12.0. The van der Waals surface area contributed by atoms with E-state index in [9.17, 15) is 9.18 Å². The molecule has 0 unspecified atom stereocenters. The first-order chi connectivity index (χ1) is 12.4. The number of nitrogens with one attached hydrogen (secondary N) is 1. The second kappa shape index (κ2) is 7.76. The van der Waals surface area contributed by atoms with Crippen molar-refractivity contribution in [1.29, 1.82) is 0 Å². The van der Waals surface area contributed by atoms with Crippen LogP contribution in [0, 0.1) is 12.7 Å². The van der Waals surface area contributed by atoms with Crippen molar-refractivity contribution in [1.82, 2.24) is 14.9 Å². The number of anilines is 1. The Hall–Kier alpha value is -2.58. The quantitative estimate of drug-likeness (QED) is 0.513. The SMILES string of the molecule is Cc1cccc(-c2nnc(SCC(=O)Nc3ccc(F)c(Cl)c3)n2N)c1.